The fourth-order valence-corrected chi connectivity index (χ4v) is 0.948. The van der Waals surface area contributed by atoms with Gasteiger partial charge in [-0.1, -0.05) is 25.3 Å². The summed E-state index contributed by atoms with van der Waals surface area (Å²) >= 11 is 0. The first-order valence-electron chi connectivity index (χ1n) is 5.66. The Hall–Kier alpha value is -1.84. The van der Waals surface area contributed by atoms with Crippen LogP contribution in [0.4, 0.5) is 0 Å². The standard InChI is InChI=1S/C14H20O4/c1-10(2)13(15)17-8-6-12(5)7-9-18-14(16)11(3)4/h1,3,5-9H2,2,4H3. The molecule has 4 heteroatoms. The van der Waals surface area contributed by atoms with Crippen molar-refractivity contribution < 1.29 is 19.1 Å². The van der Waals surface area contributed by atoms with Gasteiger partial charge in [-0.05, 0) is 13.8 Å². The zero-order valence-electron chi connectivity index (χ0n) is 11.1. The first-order valence-corrected chi connectivity index (χ1v) is 5.66. The molecule has 0 radical (unpaired) electrons. The van der Waals surface area contributed by atoms with Crippen LogP contribution in [0.2, 0.25) is 0 Å². The van der Waals surface area contributed by atoms with Crippen molar-refractivity contribution >= 4 is 11.9 Å². The van der Waals surface area contributed by atoms with Gasteiger partial charge in [0.15, 0.2) is 0 Å². The number of ether oxygens (including phenoxy) is 2. The lowest BCUT2D eigenvalue weighted by molar-refractivity contribution is -0.139. The van der Waals surface area contributed by atoms with Crippen molar-refractivity contribution in [1.29, 1.82) is 0 Å². The smallest absolute Gasteiger partial charge is 0.333 e. The molecule has 100 valence electrons. The SMILES string of the molecule is C=C(CCOC(=O)C(=C)C)CCOC(=O)C(=C)C. The zero-order chi connectivity index (χ0) is 14.1. The van der Waals surface area contributed by atoms with E-state index in [0.29, 0.717) is 24.0 Å². The molecular formula is C14H20O4. The third-order valence-corrected chi connectivity index (χ3v) is 2.07. The Morgan fingerprint density at radius 1 is 0.833 bits per heavy atom. The molecule has 0 rings (SSSR count). The van der Waals surface area contributed by atoms with Crippen LogP contribution >= 0.6 is 0 Å². The molecule has 0 aliphatic carbocycles. The number of hydrogen-bond donors (Lipinski definition) is 0. The van der Waals surface area contributed by atoms with Gasteiger partial charge in [0.25, 0.3) is 0 Å². The fraction of sp³-hybridized carbons (Fsp3) is 0.429. The van der Waals surface area contributed by atoms with Crippen LogP contribution in [0, 0.1) is 0 Å². The van der Waals surface area contributed by atoms with Gasteiger partial charge in [-0.25, -0.2) is 9.59 Å². The summed E-state index contributed by atoms with van der Waals surface area (Å²) in [5.41, 5.74) is 1.60. The molecule has 0 amide bonds. The molecule has 18 heavy (non-hydrogen) atoms. The number of rotatable bonds is 8. The molecule has 0 aliphatic rings. The van der Waals surface area contributed by atoms with E-state index >= 15 is 0 Å². The minimum absolute atomic E-state index is 0.263. The Bertz CT molecular complexity index is 332. The molecule has 0 fully saturated rings. The lowest BCUT2D eigenvalue weighted by Crippen LogP contribution is -2.09. The van der Waals surface area contributed by atoms with Gasteiger partial charge in [-0.3, -0.25) is 0 Å². The summed E-state index contributed by atoms with van der Waals surface area (Å²) in [5, 5.41) is 0. The van der Waals surface area contributed by atoms with E-state index in [0.717, 1.165) is 5.57 Å². The minimum atomic E-state index is -0.406. The molecule has 0 aromatic carbocycles. The van der Waals surface area contributed by atoms with Gasteiger partial charge in [-0.2, -0.15) is 0 Å². The maximum absolute atomic E-state index is 11.1. The Morgan fingerprint density at radius 2 is 1.17 bits per heavy atom. The molecule has 0 spiro atoms. The molecule has 0 atom stereocenters. The normalized spacial score (nSPS) is 9.44. The van der Waals surface area contributed by atoms with E-state index in [2.05, 4.69) is 19.7 Å². The molecular weight excluding hydrogens is 232 g/mol. The maximum atomic E-state index is 11.1. The maximum Gasteiger partial charge on any atom is 0.333 e. The molecule has 0 aliphatic heterocycles. The lowest BCUT2D eigenvalue weighted by Gasteiger charge is -2.08. The summed E-state index contributed by atoms with van der Waals surface area (Å²) in [5.74, 6) is -0.812. The topological polar surface area (TPSA) is 52.6 Å². The Balaban J connectivity index is 3.67. The van der Waals surface area contributed by atoms with Gasteiger partial charge >= 0.3 is 11.9 Å². The first-order chi connectivity index (χ1) is 8.34. The van der Waals surface area contributed by atoms with Gasteiger partial charge in [0.1, 0.15) is 0 Å². The fourth-order valence-electron chi connectivity index (χ4n) is 0.948. The quantitative estimate of drug-likeness (QED) is 0.378. The molecule has 0 saturated heterocycles. The second kappa shape index (κ2) is 8.28. The molecule has 0 N–H and O–H groups in total. The molecule has 0 aromatic rings. The third-order valence-electron chi connectivity index (χ3n) is 2.07. The van der Waals surface area contributed by atoms with Crippen LogP contribution in [-0.2, 0) is 19.1 Å². The lowest BCUT2D eigenvalue weighted by atomic mass is 10.1. The highest BCUT2D eigenvalue weighted by Gasteiger charge is 2.05. The molecule has 0 saturated carbocycles. The largest absolute Gasteiger partial charge is 0.462 e. The summed E-state index contributed by atoms with van der Waals surface area (Å²) in [6, 6.07) is 0. The predicted octanol–water partition coefficient (Wildman–Crippen LogP) is 2.56. The monoisotopic (exact) mass is 252 g/mol. The molecule has 0 aromatic heterocycles. The van der Waals surface area contributed by atoms with Crippen LogP contribution in [0.1, 0.15) is 26.7 Å². The molecule has 4 nitrogen and oxygen atoms in total. The number of esters is 2. The summed E-state index contributed by atoms with van der Waals surface area (Å²) in [7, 11) is 0. The van der Waals surface area contributed by atoms with Crippen molar-refractivity contribution in [1.82, 2.24) is 0 Å². The van der Waals surface area contributed by atoms with Gasteiger partial charge in [0, 0.05) is 24.0 Å². The van der Waals surface area contributed by atoms with Crippen LogP contribution in [0.15, 0.2) is 36.5 Å². The summed E-state index contributed by atoms with van der Waals surface area (Å²) in [6.45, 7) is 14.5. The highest BCUT2D eigenvalue weighted by atomic mass is 16.5. The molecule has 0 heterocycles. The van der Waals surface area contributed by atoms with E-state index in [1.54, 1.807) is 13.8 Å². The summed E-state index contributed by atoms with van der Waals surface area (Å²) in [6.07, 6.45) is 1.09. The van der Waals surface area contributed by atoms with Gasteiger partial charge < -0.3 is 9.47 Å². The average Bonchev–Trinajstić information content (AvgIpc) is 2.28. The van der Waals surface area contributed by atoms with Crippen molar-refractivity contribution in [2.45, 2.75) is 26.7 Å². The van der Waals surface area contributed by atoms with Crippen molar-refractivity contribution in [3.8, 4) is 0 Å². The van der Waals surface area contributed by atoms with E-state index in [1.165, 1.54) is 0 Å². The van der Waals surface area contributed by atoms with Crippen LogP contribution in [0.3, 0.4) is 0 Å². The van der Waals surface area contributed by atoms with E-state index in [1.807, 2.05) is 0 Å². The zero-order valence-corrected chi connectivity index (χ0v) is 11.1. The van der Waals surface area contributed by atoms with Crippen LogP contribution in [0.5, 0.6) is 0 Å². The second-order valence-electron chi connectivity index (χ2n) is 4.08. The van der Waals surface area contributed by atoms with Crippen LogP contribution < -0.4 is 0 Å². The van der Waals surface area contributed by atoms with Crippen molar-refractivity contribution in [3.63, 3.8) is 0 Å². The van der Waals surface area contributed by atoms with Crippen molar-refractivity contribution in [2.24, 2.45) is 0 Å². The van der Waals surface area contributed by atoms with Crippen LogP contribution in [-0.4, -0.2) is 25.2 Å². The molecule has 0 unspecified atom stereocenters. The summed E-state index contributed by atoms with van der Waals surface area (Å²) in [4.78, 5) is 22.1. The number of carbonyl (C=O) groups is 2. The van der Waals surface area contributed by atoms with Crippen molar-refractivity contribution in [2.75, 3.05) is 13.2 Å². The Morgan fingerprint density at radius 3 is 1.44 bits per heavy atom. The van der Waals surface area contributed by atoms with E-state index in [9.17, 15) is 9.59 Å². The highest BCUT2D eigenvalue weighted by Crippen LogP contribution is 2.06. The average molecular weight is 252 g/mol. The van der Waals surface area contributed by atoms with E-state index in [-0.39, 0.29) is 13.2 Å². The minimum Gasteiger partial charge on any atom is -0.462 e. The third kappa shape index (κ3) is 7.44. The van der Waals surface area contributed by atoms with Crippen molar-refractivity contribution in [3.05, 3.63) is 36.5 Å². The van der Waals surface area contributed by atoms with Gasteiger partial charge in [0.05, 0.1) is 13.2 Å². The Labute approximate surface area is 108 Å². The van der Waals surface area contributed by atoms with E-state index in [4.69, 9.17) is 9.47 Å². The first kappa shape index (κ1) is 16.2. The molecule has 0 bridgehead atoms. The highest BCUT2D eigenvalue weighted by molar-refractivity contribution is 5.87. The van der Waals surface area contributed by atoms with Gasteiger partial charge in [-0.15, -0.1) is 0 Å². The number of carbonyl (C=O) groups excluding carboxylic acids is 2. The number of hydrogen-bond acceptors (Lipinski definition) is 4. The Kier molecular flexibility index (Phi) is 7.43. The predicted molar refractivity (Wildman–Crippen MR) is 69.9 cm³/mol. The summed E-state index contributed by atoms with van der Waals surface area (Å²) < 4.78 is 9.84. The second-order valence-corrected chi connectivity index (χ2v) is 4.08. The van der Waals surface area contributed by atoms with Gasteiger partial charge in [0.2, 0.25) is 0 Å². The van der Waals surface area contributed by atoms with E-state index < -0.39 is 11.9 Å². The van der Waals surface area contributed by atoms with Crippen LogP contribution in [0.25, 0.3) is 0 Å².